The number of piperidine rings is 1. The summed E-state index contributed by atoms with van der Waals surface area (Å²) in [6.45, 7) is 1.46. The standard InChI is InChI=1S/C12H14N4O2/c17-12(18)8-2-5-16(6-3-8)11-9-1-4-13-10(9)14-7-15-11/h1,4,7-8H,2-3,5-6H2,(H,17,18)(H,13,14,15). The van der Waals surface area contributed by atoms with Crippen LogP contribution in [0.2, 0.25) is 0 Å². The topological polar surface area (TPSA) is 82.1 Å². The second-order valence-corrected chi connectivity index (χ2v) is 4.54. The Morgan fingerprint density at radius 2 is 2.17 bits per heavy atom. The van der Waals surface area contributed by atoms with Gasteiger partial charge in [-0.2, -0.15) is 0 Å². The second-order valence-electron chi connectivity index (χ2n) is 4.54. The number of fused-ring (bicyclic) bond motifs is 1. The van der Waals surface area contributed by atoms with Crippen LogP contribution in [-0.4, -0.2) is 39.1 Å². The average molecular weight is 246 g/mol. The molecule has 0 spiro atoms. The number of H-pyrrole nitrogens is 1. The Morgan fingerprint density at radius 3 is 2.89 bits per heavy atom. The molecule has 1 saturated heterocycles. The first-order chi connectivity index (χ1) is 8.75. The van der Waals surface area contributed by atoms with Crippen LogP contribution in [0.1, 0.15) is 12.8 Å². The van der Waals surface area contributed by atoms with Gasteiger partial charge in [0.25, 0.3) is 0 Å². The fourth-order valence-corrected chi connectivity index (χ4v) is 2.45. The lowest BCUT2D eigenvalue weighted by molar-refractivity contribution is -0.142. The third-order valence-electron chi connectivity index (χ3n) is 3.48. The lowest BCUT2D eigenvalue weighted by atomic mass is 9.97. The molecule has 3 rings (SSSR count). The number of carbonyl (C=O) groups is 1. The van der Waals surface area contributed by atoms with E-state index in [9.17, 15) is 4.79 Å². The van der Waals surface area contributed by atoms with Crippen LogP contribution >= 0.6 is 0 Å². The van der Waals surface area contributed by atoms with E-state index in [1.165, 1.54) is 6.33 Å². The van der Waals surface area contributed by atoms with Crippen molar-refractivity contribution < 1.29 is 9.90 Å². The first kappa shape index (κ1) is 11.0. The second kappa shape index (κ2) is 4.29. The van der Waals surface area contributed by atoms with E-state index in [-0.39, 0.29) is 5.92 Å². The van der Waals surface area contributed by atoms with E-state index >= 15 is 0 Å². The van der Waals surface area contributed by atoms with Crippen molar-refractivity contribution in [3.63, 3.8) is 0 Å². The third kappa shape index (κ3) is 1.79. The minimum absolute atomic E-state index is 0.218. The molecule has 2 aromatic heterocycles. The number of nitrogens with one attached hydrogen (secondary N) is 1. The van der Waals surface area contributed by atoms with Gasteiger partial charge in [-0.1, -0.05) is 0 Å². The van der Waals surface area contributed by atoms with Crippen LogP contribution in [0, 0.1) is 5.92 Å². The maximum absolute atomic E-state index is 10.9. The largest absolute Gasteiger partial charge is 0.481 e. The molecule has 94 valence electrons. The van der Waals surface area contributed by atoms with E-state index in [0.29, 0.717) is 12.8 Å². The van der Waals surface area contributed by atoms with E-state index in [4.69, 9.17) is 5.11 Å². The number of aliphatic carboxylic acids is 1. The van der Waals surface area contributed by atoms with Gasteiger partial charge in [0.2, 0.25) is 0 Å². The average Bonchev–Trinajstić information content (AvgIpc) is 2.87. The number of nitrogens with zero attached hydrogens (tertiary/aromatic N) is 3. The molecule has 1 fully saturated rings. The Bertz CT molecular complexity index is 572. The van der Waals surface area contributed by atoms with Crippen LogP contribution in [0.15, 0.2) is 18.6 Å². The molecule has 0 radical (unpaired) electrons. The number of rotatable bonds is 2. The first-order valence-electron chi connectivity index (χ1n) is 6.01. The van der Waals surface area contributed by atoms with E-state index in [2.05, 4.69) is 19.9 Å². The summed E-state index contributed by atoms with van der Waals surface area (Å²) in [6, 6.07) is 1.95. The Hall–Kier alpha value is -2.11. The van der Waals surface area contributed by atoms with Crippen LogP contribution in [0.5, 0.6) is 0 Å². The predicted octanol–water partition coefficient (Wildman–Crippen LogP) is 1.26. The number of aromatic amines is 1. The number of carboxylic acids is 1. The van der Waals surface area contributed by atoms with Crippen LogP contribution < -0.4 is 4.90 Å². The van der Waals surface area contributed by atoms with Gasteiger partial charge < -0.3 is 15.0 Å². The number of carboxylic acid groups (broad SMARTS) is 1. The summed E-state index contributed by atoms with van der Waals surface area (Å²) in [5.41, 5.74) is 0.820. The van der Waals surface area contributed by atoms with Crippen molar-refractivity contribution in [2.24, 2.45) is 5.92 Å². The summed E-state index contributed by atoms with van der Waals surface area (Å²) in [4.78, 5) is 24.6. The minimum Gasteiger partial charge on any atom is -0.481 e. The Balaban J connectivity index is 1.84. The molecule has 0 saturated carbocycles. The quantitative estimate of drug-likeness (QED) is 0.833. The van der Waals surface area contributed by atoms with Crippen LogP contribution in [-0.2, 0) is 4.79 Å². The minimum atomic E-state index is -0.691. The Morgan fingerprint density at radius 1 is 1.39 bits per heavy atom. The number of hydrogen-bond acceptors (Lipinski definition) is 4. The van der Waals surface area contributed by atoms with Crippen LogP contribution in [0.3, 0.4) is 0 Å². The zero-order valence-electron chi connectivity index (χ0n) is 9.83. The van der Waals surface area contributed by atoms with Crippen molar-refractivity contribution in [1.29, 1.82) is 0 Å². The molecule has 1 aliphatic rings. The van der Waals surface area contributed by atoms with E-state index in [1.54, 1.807) is 0 Å². The molecule has 18 heavy (non-hydrogen) atoms. The zero-order valence-corrected chi connectivity index (χ0v) is 9.83. The molecule has 0 bridgehead atoms. The summed E-state index contributed by atoms with van der Waals surface area (Å²) < 4.78 is 0. The molecule has 2 aromatic rings. The first-order valence-corrected chi connectivity index (χ1v) is 6.01. The molecule has 6 nitrogen and oxygen atoms in total. The molecular formula is C12H14N4O2. The van der Waals surface area contributed by atoms with E-state index in [0.717, 1.165) is 29.9 Å². The van der Waals surface area contributed by atoms with Gasteiger partial charge in [0, 0.05) is 19.3 Å². The summed E-state index contributed by atoms with van der Waals surface area (Å²) in [5.74, 6) is -0.0148. The lowest BCUT2D eigenvalue weighted by Gasteiger charge is -2.31. The highest BCUT2D eigenvalue weighted by Gasteiger charge is 2.25. The third-order valence-corrected chi connectivity index (χ3v) is 3.48. The van der Waals surface area contributed by atoms with Gasteiger partial charge in [-0.15, -0.1) is 0 Å². The van der Waals surface area contributed by atoms with Gasteiger partial charge in [-0.3, -0.25) is 4.79 Å². The van der Waals surface area contributed by atoms with Crippen molar-refractivity contribution in [3.05, 3.63) is 18.6 Å². The molecule has 0 amide bonds. The fraction of sp³-hybridized carbons (Fsp3) is 0.417. The molecular weight excluding hydrogens is 232 g/mol. The summed E-state index contributed by atoms with van der Waals surface area (Å²) in [6.07, 6.45) is 4.72. The Kier molecular flexibility index (Phi) is 2.62. The molecule has 6 heteroatoms. The molecule has 0 unspecified atom stereocenters. The van der Waals surface area contributed by atoms with Crippen molar-refractivity contribution in [1.82, 2.24) is 15.0 Å². The van der Waals surface area contributed by atoms with Gasteiger partial charge >= 0.3 is 5.97 Å². The van der Waals surface area contributed by atoms with E-state index < -0.39 is 5.97 Å². The smallest absolute Gasteiger partial charge is 0.306 e. The molecule has 0 atom stereocenters. The summed E-state index contributed by atoms with van der Waals surface area (Å²) in [5, 5.41) is 9.98. The van der Waals surface area contributed by atoms with Crippen LogP contribution in [0.4, 0.5) is 5.82 Å². The van der Waals surface area contributed by atoms with Crippen molar-refractivity contribution in [2.45, 2.75) is 12.8 Å². The van der Waals surface area contributed by atoms with Gasteiger partial charge in [0.05, 0.1) is 11.3 Å². The molecule has 3 heterocycles. The Labute approximate surface area is 104 Å². The normalized spacial score (nSPS) is 17.2. The lowest BCUT2D eigenvalue weighted by Crippen LogP contribution is -2.36. The highest BCUT2D eigenvalue weighted by Crippen LogP contribution is 2.26. The highest BCUT2D eigenvalue weighted by molar-refractivity contribution is 5.87. The van der Waals surface area contributed by atoms with E-state index in [1.807, 2.05) is 12.3 Å². The van der Waals surface area contributed by atoms with Gasteiger partial charge in [0.15, 0.2) is 0 Å². The zero-order chi connectivity index (χ0) is 12.5. The van der Waals surface area contributed by atoms with Crippen LogP contribution in [0.25, 0.3) is 11.0 Å². The molecule has 0 aromatic carbocycles. The van der Waals surface area contributed by atoms with Crippen molar-refractivity contribution in [2.75, 3.05) is 18.0 Å². The van der Waals surface area contributed by atoms with Gasteiger partial charge in [0.1, 0.15) is 17.8 Å². The fourth-order valence-electron chi connectivity index (χ4n) is 2.45. The highest BCUT2D eigenvalue weighted by atomic mass is 16.4. The predicted molar refractivity (Wildman–Crippen MR) is 66.5 cm³/mol. The molecule has 2 N–H and O–H groups in total. The number of hydrogen-bond donors (Lipinski definition) is 2. The molecule has 1 aliphatic heterocycles. The van der Waals surface area contributed by atoms with Gasteiger partial charge in [-0.05, 0) is 18.9 Å². The summed E-state index contributed by atoms with van der Waals surface area (Å²) >= 11 is 0. The summed E-state index contributed by atoms with van der Waals surface area (Å²) in [7, 11) is 0. The van der Waals surface area contributed by atoms with Gasteiger partial charge in [-0.25, -0.2) is 9.97 Å². The van der Waals surface area contributed by atoms with Crippen molar-refractivity contribution >= 4 is 22.8 Å². The monoisotopic (exact) mass is 246 g/mol. The maximum Gasteiger partial charge on any atom is 0.306 e. The SMILES string of the molecule is O=C(O)C1CCN(c2ncnc3[nH]ccc23)CC1. The number of anilines is 1. The maximum atomic E-state index is 10.9. The number of aromatic nitrogens is 3. The molecule has 0 aliphatic carbocycles. The van der Waals surface area contributed by atoms with Crippen molar-refractivity contribution in [3.8, 4) is 0 Å².